The minimum absolute atomic E-state index is 0.215. The number of carbonyl (C=O) groups is 1. The molecule has 3 heterocycles. The first-order valence-electron chi connectivity index (χ1n) is 8.82. The van der Waals surface area contributed by atoms with Gasteiger partial charge in [0.1, 0.15) is 0 Å². The molecule has 3 aliphatic rings. The van der Waals surface area contributed by atoms with Gasteiger partial charge in [0.2, 0.25) is 5.91 Å². The lowest BCUT2D eigenvalue weighted by Crippen LogP contribution is -2.27. The van der Waals surface area contributed by atoms with Crippen LogP contribution in [-0.2, 0) is 9.53 Å². The molecule has 1 N–H and O–H groups in total. The molecule has 6 nitrogen and oxygen atoms in total. The van der Waals surface area contributed by atoms with Gasteiger partial charge in [-0.05, 0) is 37.0 Å². The Bertz CT molecular complexity index is 696. The molecule has 0 aromatic heterocycles. The summed E-state index contributed by atoms with van der Waals surface area (Å²) in [4.78, 5) is 18.2. The Morgan fingerprint density at radius 1 is 1.32 bits per heavy atom. The van der Waals surface area contributed by atoms with Crippen LogP contribution in [0.5, 0.6) is 0 Å². The van der Waals surface area contributed by atoms with Crippen LogP contribution in [-0.4, -0.2) is 48.3 Å². The molecule has 2 fully saturated rings. The fourth-order valence-corrected chi connectivity index (χ4v) is 4.05. The second-order valence-electron chi connectivity index (χ2n) is 6.44. The van der Waals surface area contributed by atoms with Crippen LogP contribution in [0.3, 0.4) is 0 Å². The van der Waals surface area contributed by atoms with E-state index in [1.807, 2.05) is 29.2 Å². The number of amidine groups is 1. The first kappa shape index (κ1) is 16.6. The summed E-state index contributed by atoms with van der Waals surface area (Å²) >= 11 is 1.67. The van der Waals surface area contributed by atoms with E-state index in [-0.39, 0.29) is 12.0 Å². The zero-order valence-corrected chi connectivity index (χ0v) is 14.9. The molecule has 25 heavy (non-hydrogen) atoms. The standard InChI is InChI=1S/C18H22N4O2S/c23-17-4-1-9-22(17)14-7-5-13(6-8-14)16-12-25-18(21-20-16)19-11-15-3-2-10-24-15/h5-8,15H,1-4,9-12H2,(H,19,21)/t15-/m1/s1. The maximum absolute atomic E-state index is 11.8. The smallest absolute Gasteiger partial charge is 0.227 e. The fraction of sp³-hybridized carbons (Fsp3) is 0.500. The third-order valence-electron chi connectivity index (χ3n) is 4.68. The third kappa shape index (κ3) is 3.88. The minimum atomic E-state index is 0.215. The molecule has 3 aliphatic heterocycles. The van der Waals surface area contributed by atoms with Crippen molar-refractivity contribution in [1.82, 2.24) is 5.43 Å². The van der Waals surface area contributed by atoms with E-state index in [0.29, 0.717) is 13.0 Å². The van der Waals surface area contributed by atoms with Crippen molar-refractivity contribution in [2.45, 2.75) is 31.8 Å². The molecule has 1 aromatic carbocycles. The molecule has 7 heteroatoms. The van der Waals surface area contributed by atoms with Crippen molar-refractivity contribution >= 4 is 34.2 Å². The highest BCUT2D eigenvalue weighted by Gasteiger charge is 2.22. The molecule has 1 aromatic rings. The summed E-state index contributed by atoms with van der Waals surface area (Å²) < 4.78 is 5.59. The topological polar surface area (TPSA) is 66.3 Å². The summed E-state index contributed by atoms with van der Waals surface area (Å²) in [6, 6.07) is 8.09. The number of hydrogen-bond acceptors (Lipinski definition) is 5. The Labute approximate surface area is 151 Å². The SMILES string of the molecule is O=C1CCCN1c1ccc(C2=NNC(=NC[C@H]3CCCO3)SC2)cc1. The van der Waals surface area contributed by atoms with Crippen molar-refractivity contribution in [3.8, 4) is 0 Å². The van der Waals surface area contributed by atoms with E-state index in [4.69, 9.17) is 4.74 Å². The molecule has 2 saturated heterocycles. The lowest BCUT2D eigenvalue weighted by atomic mass is 10.1. The fourth-order valence-electron chi connectivity index (χ4n) is 3.27. The summed E-state index contributed by atoms with van der Waals surface area (Å²) in [5.41, 5.74) is 6.10. The molecule has 4 rings (SSSR count). The molecule has 0 radical (unpaired) electrons. The van der Waals surface area contributed by atoms with E-state index in [2.05, 4.69) is 15.5 Å². The van der Waals surface area contributed by atoms with Crippen LogP contribution in [0.15, 0.2) is 34.4 Å². The quantitative estimate of drug-likeness (QED) is 0.897. The van der Waals surface area contributed by atoms with Crippen LogP contribution in [0.2, 0.25) is 0 Å². The molecule has 132 valence electrons. The van der Waals surface area contributed by atoms with Gasteiger partial charge < -0.3 is 9.64 Å². The van der Waals surface area contributed by atoms with E-state index < -0.39 is 0 Å². The zero-order chi connectivity index (χ0) is 17.1. The van der Waals surface area contributed by atoms with Gasteiger partial charge in [0.25, 0.3) is 0 Å². The van der Waals surface area contributed by atoms with Gasteiger partial charge >= 0.3 is 0 Å². The van der Waals surface area contributed by atoms with Gasteiger partial charge in [0.05, 0.1) is 18.4 Å². The molecule has 0 saturated carbocycles. The summed E-state index contributed by atoms with van der Waals surface area (Å²) in [5.74, 6) is 1.01. The lowest BCUT2D eigenvalue weighted by Gasteiger charge is -2.18. The van der Waals surface area contributed by atoms with E-state index in [9.17, 15) is 4.79 Å². The van der Waals surface area contributed by atoms with E-state index in [1.165, 1.54) is 0 Å². The van der Waals surface area contributed by atoms with Gasteiger partial charge in [-0.1, -0.05) is 23.9 Å². The summed E-state index contributed by atoms with van der Waals surface area (Å²) in [5, 5.41) is 5.32. The summed E-state index contributed by atoms with van der Waals surface area (Å²) in [6.07, 6.45) is 4.10. The predicted octanol–water partition coefficient (Wildman–Crippen LogP) is 2.39. The summed E-state index contributed by atoms with van der Waals surface area (Å²) in [6.45, 7) is 2.39. The van der Waals surface area contributed by atoms with Crippen LogP contribution in [0.4, 0.5) is 5.69 Å². The lowest BCUT2D eigenvalue weighted by molar-refractivity contribution is -0.117. The van der Waals surface area contributed by atoms with Crippen molar-refractivity contribution in [2.75, 3.05) is 30.3 Å². The molecule has 0 unspecified atom stereocenters. The number of hydrazone groups is 1. The van der Waals surface area contributed by atoms with Crippen molar-refractivity contribution in [2.24, 2.45) is 10.1 Å². The monoisotopic (exact) mass is 358 g/mol. The van der Waals surface area contributed by atoms with Gasteiger partial charge in [-0.15, -0.1) is 0 Å². The van der Waals surface area contributed by atoms with Gasteiger partial charge in [0.15, 0.2) is 5.17 Å². The molecule has 1 atom stereocenters. The van der Waals surface area contributed by atoms with Crippen LogP contribution < -0.4 is 10.3 Å². The van der Waals surface area contributed by atoms with Crippen LogP contribution in [0.1, 0.15) is 31.2 Å². The second-order valence-corrected chi connectivity index (χ2v) is 7.40. The van der Waals surface area contributed by atoms with Crippen molar-refractivity contribution in [1.29, 1.82) is 0 Å². The molecule has 0 bridgehead atoms. The first-order chi connectivity index (χ1) is 12.3. The molecule has 0 aliphatic carbocycles. The molecular formula is C18H22N4O2S. The number of nitrogens with one attached hydrogen (secondary N) is 1. The highest BCUT2D eigenvalue weighted by atomic mass is 32.2. The maximum atomic E-state index is 11.8. The number of amides is 1. The average molecular weight is 358 g/mol. The number of ether oxygens (including phenoxy) is 1. The Hall–Kier alpha value is -1.86. The van der Waals surface area contributed by atoms with E-state index >= 15 is 0 Å². The number of aliphatic imine (C=N–C) groups is 1. The number of carbonyl (C=O) groups excluding carboxylic acids is 1. The minimum Gasteiger partial charge on any atom is -0.376 e. The van der Waals surface area contributed by atoms with Crippen LogP contribution in [0, 0.1) is 0 Å². The van der Waals surface area contributed by atoms with Gasteiger partial charge in [0, 0.05) is 31.0 Å². The predicted molar refractivity (Wildman–Crippen MR) is 101 cm³/mol. The first-order valence-corrected chi connectivity index (χ1v) is 9.80. The average Bonchev–Trinajstić information content (AvgIpc) is 3.32. The number of rotatable bonds is 4. The largest absolute Gasteiger partial charge is 0.376 e. The number of anilines is 1. The second kappa shape index (κ2) is 7.58. The molecule has 0 spiro atoms. The van der Waals surface area contributed by atoms with Crippen molar-refractivity contribution in [3.63, 3.8) is 0 Å². The Balaban J connectivity index is 1.37. The highest BCUT2D eigenvalue weighted by molar-refractivity contribution is 8.14. The Kier molecular flexibility index (Phi) is 5.03. The normalized spacial score (nSPS) is 25.4. The van der Waals surface area contributed by atoms with Crippen LogP contribution >= 0.6 is 11.8 Å². The zero-order valence-electron chi connectivity index (χ0n) is 14.1. The number of benzene rings is 1. The third-order valence-corrected chi connectivity index (χ3v) is 5.59. The van der Waals surface area contributed by atoms with E-state index in [1.54, 1.807) is 11.8 Å². The van der Waals surface area contributed by atoms with Gasteiger partial charge in [-0.3, -0.25) is 15.2 Å². The number of hydrogen-bond donors (Lipinski definition) is 1. The van der Waals surface area contributed by atoms with E-state index in [0.717, 1.165) is 60.3 Å². The summed E-state index contributed by atoms with van der Waals surface area (Å²) in [7, 11) is 0. The Morgan fingerprint density at radius 3 is 2.84 bits per heavy atom. The number of nitrogens with zero attached hydrogens (tertiary/aromatic N) is 3. The van der Waals surface area contributed by atoms with Gasteiger partial charge in [-0.25, -0.2) is 0 Å². The van der Waals surface area contributed by atoms with Crippen molar-refractivity contribution in [3.05, 3.63) is 29.8 Å². The Morgan fingerprint density at radius 2 is 2.20 bits per heavy atom. The maximum Gasteiger partial charge on any atom is 0.227 e. The number of thioether (sulfide) groups is 1. The molecule has 1 amide bonds. The highest BCUT2D eigenvalue weighted by Crippen LogP contribution is 2.23. The van der Waals surface area contributed by atoms with Crippen molar-refractivity contribution < 1.29 is 9.53 Å². The molecular weight excluding hydrogens is 336 g/mol. The van der Waals surface area contributed by atoms with Crippen LogP contribution in [0.25, 0.3) is 0 Å². The van der Waals surface area contributed by atoms with Gasteiger partial charge in [-0.2, -0.15) is 5.10 Å².